The fourth-order valence-electron chi connectivity index (χ4n) is 2.48. The van der Waals surface area contributed by atoms with Crippen LogP contribution in [0.15, 0.2) is 18.2 Å². The number of likely N-dealkylation sites (tertiary alicyclic amines) is 1. The number of nitrogens with zero attached hydrogens (tertiary/aromatic N) is 1. The van der Waals surface area contributed by atoms with Crippen molar-refractivity contribution >= 4 is 11.4 Å². The lowest BCUT2D eigenvalue weighted by atomic mass is 9.97. The summed E-state index contributed by atoms with van der Waals surface area (Å²) in [5.74, 6) is 0.399. The fraction of sp³-hybridized carbons (Fsp3) is 0.571. The predicted molar refractivity (Wildman–Crippen MR) is 74.1 cm³/mol. The number of nitrogens with one attached hydrogen (secondary N) is 1. The van der Waals surface area contributed by atoms with E-state index in [1.165, 1.54) is 38.1 Å². The van der Waals surface area contributed by atoms with E-state index < -0.39 is 0 Å². The zero-order valence-corrected chi connectivity index (χ0v) is 11.0. The Morgan fingerprint density at radius 3 is 2.67 bits per heavy atom. The molecule has 3 N–H and O–H groups in total. The van der Waals surface area contributed by atoms with Gasteiger partial charge in [-0.25, -0.2) is 4.39 Å². The van der Waals surface area contributed by atoms with E-state index in [-0.39, 0.29) is 5.82 Å². The van der Waals surface area contributed by atoms with Crippen LogP contribution in [0.4, 0.5) is 15.8 Å². The van der Waals surface area contributed by atoms with E-state index in [4.69, 9.17) is 5.73 Å². The summed E-state index contributed by atoms with van der Waals surface area (Å²) in [7, 11) is 0. The van der Waals surface area contributed by atoms with Crippen LogP contribution in [0.1, 0.15) is 19.8 Å². The van der Waals surface area contributed by atoms with E-state index in [9.17, 15) is 4.39 Å². The van der Waals surface area contributed by atoms with Gasteiger partial charge in [0.2, 0.25) is 0 Å². The largest absolute Gasteiger partial charge is 0.399 e. The lowest BCUT2D eigenvalue weighted by Gasteiger charge is -2.31. The van der Waals surface area contributed by atoms with Crippen molar-refractivity contribution in [2.24, 2.45) is 5.92 Å². The molecule has 0 saturated carbocycles. The number of anilines is 2. The fourth-order valence-corrected chi connectivity index (χ4v) is 2.48. The van der Waals surface area contributed by atoms with Gasteiger partial charge < -0.3 is 16.0 Å². The smallest absolute Gasteiger partial charge is 0.127 e. The molecule has 1 aromatic carbocycles. The number of nitrogens with two attached hydrogens (primary N) is 1. The first kappa shape index (κ1) is 13.1. The van der Waals surface area contributed by atoms with Crippen LogP contribution in [0, 0.1) is 11.7 Å². The number of hydrogen-bond acceptors (Lipinski definition) is 3. The molecule has 100 valence electrons. The Kier molecular flexibility index (Phi) is 4.42. The highest BCUT2D eigenvalue weighted by atomic mass is 19.1. The van der Waals surface area contributed by atoms with Crippen molar-refractivity contribution in [3.63, 3.8) is 0 Å². The Labute approximate surface area is 108 Å². The van der Waals surface area contributed by atoms with Gasteiger partial charge in [0.1, 0.15) is 5.82 Å². The maximum Gasteiger partial charge on any atom is 0.127 e. The zero-order valence-electron chi connectivity index (χ0n) is 11.0. The molecule has 1 fully saturated rings. The summed E-state index contributed by atoms with van der Waals surface area (Å²) in [6.07, 6.45) is 2.43. The van der Waals surface area contributed by atoms with Gasteiger partial charge in [-0.2, -0.15) is 0 Å². The molecule has 2 rings (SSSR count). The van der Waals surface area contributed by atoms with Crippen molar-refractivity contribution in [1.29, 1.82) is 0 Å². The molecule has 0 unspecified atom stereocenters. The molecule has 1 aliphatic rings. The molecule has 3 nitrogen and oxygen atoms in total. The summed E-state index contributed by atoms with van der Waals surface area (Å²) in [5, 5.41) is 3.29. The molecule has 0 amide bonds. The van der Waals surface area contributed by atoms with Gasteiger partial charge in [-0.05, 0) is 56.6 Å². The first-order chi connectivity index (χ1) is 8.67. The van der Waals surface area contributed by atoms with E-state index in [1.54, 1.807) is 6.07 Å². The SMILES string of the molecule is CCN1CCC(CNc2cc(N)cc(F)c2)CC1. The van der Waals surface area contributed by atoms with E-state index in [1.807, 2.05) is 0 Å². The Hall–Kier alpha value is -1.29. The van der Waals surface area contributed by atoms with Gasteiger partial charge in [-0.15, -0.1) is 0 Å². The summed E-state index contributed by atoms with van der Waals surface area (Å²) in [4.78, 5) is 2.47. The minimum absolute atomic E-state index is 0.279. The second-order valence-corrected chi connectivity index (χ2v) is 5.03. The highest BCUT2D eigenvalue weighted by Crippen LogP contribution is 2.20. The molecule has 0 bridgehead atoms. The second-order valence-electron chi connectivity index (χ2n) is 5.03. The second kappa shape index (κ2) is 6.05. The normalized spacial score (nSPS) is 17.9. The molecule has 0 radical (unpaired) electrons. The van der Waals surface area contributed by atoms with E-state index in [2.05, 4.69) is 17.1 Å². The Bertz CT molecular complexity index is 366. The maximum atomic E-state index is 13.2. The summed E-state index contributed by atoms with van der Waals surface area (Å²) >= 11 is 0. The van der Waals surface area contributed by atoms with E-state index in [0.717, 1.165) is 18.8 Å². The summed E-state index contributed by atoms with van der Waals surface area (Å²) in [6.45, 7) is 6.59. The Morgan fingerprint density at radius 2 is 2.06 bits per heavy atom. The molecule has 0 spiro atoms. The number of rotatable bonds is 4. The zero-order chi connectivity index (χ0) is 13.0. The summed E-state index contributed by atoms with van der Waals surface area (Å²) < 4.78 is 13.2. The first-order valence-electron chi connectivity index (χ1n) is 6.69. The van der Waals surface area contributed by atoms with Gasteiger partial charge in [0, 0.05) is 17.9 Å². The minimum atomic E-state index is -0.279. The first-order valence-corrected chi connectivity index (χ1v) is 6.69. The van der Waals surface area contributed by atoms with Gasteiger partial charge in [-0.1, -0.05) is 6.92 Å². The molecule has 1 aromatic rings. The molecule has 0 aromatic heterocycles. The minimum Gasteiger partial charge on any atom is -0.399 e. The lowest BCUT2D eigenvalue weighted by Crippen LogP contribution is -2.35. The highest BCUT2D eigenvalue weighted by Gasteiger charge is 2.17. The number of piperidine rings is 1. The number of benzene rings is 1. The van der Waals surface area contributed by atoms with Gasteiger partial charge in [0.25, 0.3) is 0 Å². The third-order valence-electron chi connectivity index (χ3n) is 3.67. The quantitative estimate of drug-likeness (QED) is 0.808. The highest BCUT2D eigenvalue weighted by molar-refractivity contribution is 5.54. The molecular weight excluding hydrogens is 229 g/mol. The van der Waals surface area contributed by atoms with Crippen molar-refractivity contribution < 1.29 is 4.39 Å². The topological polar surface area (TPSA) is 41.3 Å². The van der Waals surface area contributed by atoms with Gasteiger partial charge >= 0.3 is 0 Å². The van der Waals surface area contributed by atoms with Crippen molar-refractivity contribution in [2.45, 2.75) is 19.8 Å². The standard InChI is InChI=1S/C14H22FN3/c1-2-18-5-3-11(4-6-18)10-17-14-8-12(15)7-13(16)9-14/h7-9,11,17H,2-6,10,16H2,1H3. The van der Waals surface area contributed by atoms with E-state index >= 15 is 0 Å². The molecule has 1 heterocycles. The third-order valence-corrected chi connectivity index (χ3v) is 3.67. The number of hydrogen-bond donors (Lipinski definition) is 2. The Balaban J connectivity index is 1.81. The van der Waals surface area contributed by atoms with Crippen LogP contribution >= 0.6 is 0 Å². The van der Waals surface area contributed by atoms with Crippen LogP contribution < -0.4 is 11.1 Å². The summed E-state index contributed by atoms with van der Waals surface area (Å²) in [6, 6.07) is 4.62. The molecule has 18 heavy (non-hydrogen) atoms. The van der Waals surface area contributed by atoms with Crippen molar-refractivity contribution in [2.75, 3.05) is 37.2 Å². The van der Waals surface area contributed by atoms with Gasteiger partial charge in [0.05, 0.1) is 0 Å². The van der Waals surface area contributed by atoms with Crippen LogP contribution in [-0.2, 0) is 0 Å². The number of nitrogen functional groups attached to an aromatic ring is 1. The molecule has 1 saturated heterocycles. The van der Waals surface area contributed by atoms with Crippen molar-refractivity contribution in [3.8, 4) is 0 Å². The summed E-state index contributed by atoms with van der Waals surface area (Å²) in [5.41, 5.74) is 6.87. The molecule has 0 aliphatic carbocycles. The van der Waals surface area contributed by atoms with Crippen LogP contribution in [-0.4, -0.2) is 31.1 Å². The van der Waals surface area contributed by atoms with Crippen LogP contribution in [0.25, 0.3) is 0 Å². The van der Waals surface area contributed by atoms with Crippen LogP contribution in [0.5, 0.6) is 0 Å². The predicted octanol–water partition coefficient (Wildman–Crippen LogP) is 2.55. The van der Waals surface area contributed by atoms with Gasteiger partial charge in [-0.3, -0.25) is 0 Å². The average molecular weight is 251 g/mol. The van der Waals surface area contributed by atoms with Crippen molar-refractivity contribution in [1.82, 2.24) is 4.90 Å². The van der Waals surface area contributed by atoms with Crippen LogP contribution in [0.2, 0.25) is 0 Å². The lowest BCUT2D eigenvalue weighted by molar-refractivity contribution is 0.198. The average Bonchev–Trinajstić information content (AvgIpc) is 2.36. The third kappa shape index (κ3) is 3.60. The van der Waals surface area contributed by atoms with E-state index in [0.29, 0.717) is 11.6 Å². The Morgan fingerprint density at radius 1 is 1.33 bits per heavy atom. The molecule has 4 heteroatoms. The maximum absolute atomic E-state index is 13.2. The van der Waals surface area contributed by atoms with Crippen LogP contribution in [0.3, 0.4) is 0 Å². The monoisotopic (exact) mass is 251 g/mol. The number of halogens is 1. The van der Waals surface area contributed by atoms with Gasteiger partial charge in [0.15, 0.2) is 0 Å². The van der Waals surface area contributed by atoms with Crippen molar-refractivity contribution in [3.05, 3.63) is 24.0 Å². The molecule has 1 aliphatic heterocycles. The molecule has 0 atom stereocenters. The molecular formula is C14H22FN3.